The topological polar surface area (TPSA) is 76.1 Å². The van der Waals surface area contributed by atoms with Crippen LogP contribution in [0.4, 0.5) is 0 Å². The molecule has 0 radical (unpaired) electrons. The van der Waals surface area contributed by atoms with Crippen LogP contribution >= 0.6 is 0 Å². The number of benzene rings is 1. The summed E-state index contributed by atoms with van der Waals surface area (Å²) in [6.07, 6.45) is 0. The fraction of sp³-hybridized carbons (Fsp3) is 0.571. The Morgan fingerprint density at radius 1 is 1.29 bits per heavy atom. The van der Waals surface area contributed by atoms with E-state index in [2.05, 4.69) is 0 Å². The molecule has 2 atom stereocenters. The molecule has 0 unspecified atom stereocenters. The summed E-state index contributed by atoms with van der Waals surface area (Å²) >= 11 is 0. The van der Waals surface area contributed by atoms with E-state index in [1.807, 2.05) is 6.92 Å². The minimum absolute atomic E-state index is 0.0881. The van der Waals surface area contributed by atoms with Gasteiger partial charge in [0.15, 0.2) is 11.5 Å². The van der Waals surface area contributed by atoms with Gasteiger partial charge in [-0.05, 0) is 25.0 Å². The van der Waals surface area contributed by atoms with E-state index in [9.17, 15) is 13.5 Å². The molecule has 0 aromatic heterocycles. The molecule has 6 nitrogen and oxygen atoms in total. The van der Waals surface area contributed by atoms with Crippen molar-refractivity contribution in [1.82, 2.24) is 4.31 Å². The molecule has 0 spiro atoms. The molecular weight excluding hydrogens is 294 g/mol. The van der Waals surface area contributed by atoms with E-state index in [4.69, 9.17) is 9.47 Å². The van der Waals surface area contributed by atoms with Gasteiger partial charge in [-0.25, -0.2) is 8.42 Å². The van der Waals surface area contributed by atoms with Gasteiger partial charge in [0.2, 0.25) is 10.0 Å². The summed E-state index contributed by atoms with van der Waals surface area (Å²) in [6, 6.07) is 4.48. The second-order valence-corrected chi connectivity index (χ2v) is 7.51. The molecule has 0 aliphatic carbocycles. The zero-order valence-electron chi connectivity index (χ0n) is 12.7. The van der Waals surface area contributed by atoms with E-state index in [0.717, 1.165) is 0 Å². The van der Waals surface area contributed by atoms with Crippen LogP contribution in [-0.4, -0.2) is 50.7 Å². The molecule has 1 aromatic rings. The van der Waals surface area contributed by atoms with Crippen molar-refractivity contribution >= 4 is 10.0 Å². The van der Waals surface area contributed by atoms with Crippen molar-refractivity contribution in [1.29, 1.82) is 0 Å². The van der Waals surface area contributed by atoms with Gasteiger partial charge in [-0.3, -0.25) is 0 Å². The second kappa shape index (κ2) is 5.47. The fourth-order valence-corrected chi connectivity index (χ4v) is 4.03. The number of β-amino-alcohol motifs (C(OH)–C–C–N with tert-alkyl or cyclic N) is 1. The first-order chi connectivity index (χ1) is 9.72. The van der Waals surface area contributed by atoms with E-state index in [-0.39, 0.29) is 17.4 Å². The van der Waals surface area contributed by atoms with Crippen molar-refractivity contribution in [2.75, 3.05) is 27.3 Å². The van der Waals surface area contributed by atoms with Crippen LogP contribution in [0.5, 0.6) is 11.5 Å². The smallest absolute Gasteiger partial charge is 0.243 e. The van der Waals surface area contributed by atoms with E-state index < -0.39 is 15.6 Å². The Labute approximate surface area is 125 Å². The van der Waals surface area contributed by atoms with E-state index in [1.54, 1.807) is 13.0 Å². The molecule has 1 saturated heterocycles. The minimum atomic E-state index is -3.66. The normalized spacial score (nSPS) is 26.8. The molecule has 1 aromatic carbocycles. The summed E-state index contributed by atoms with van der Waals surface area (Å²) in [7, 11) is -0.716. The predicted molar refractivity (Wildman–Crippen MR) is 78.1 cm³/mol. The Kier molecular flexibility index (Phi) is 4.19. The van der Waals surface area contributed by atoms with Gasteiger partial charge >= 0.3 is 0 Å². The van der Waals surface area contributed by atoms with Gasteiger partial charge in [-0.1, -0.05) is 6.92 Å². The van der Waals surface area contributed by atoms with Crippen molar-refractivity contribution in [2.45, 2.75) is 24.3 Å². The number of hydrogen-bond acceptors (Lipinski definition) is 5. The molecule has 1 N–H and O–H groups in total. The maximum Gasteiger partial charge on any atom is 0.243 e. The van der Waals surface area contributed by atoms with Crippen molar-refractivity contribution in [3.8, 4) is 11.5 Å². The van der Waals surface area contributed by atoms with Gasteiger partial charge in [-0.2, -0.15) is 4.31 Å². The van der Waals surface area contributed by atoms with Gasteiger partial charge in [-0.15, -0.1) is 0 Å². The maximum atomic E-state index is 12.7. The van der Waals surface area contributed by atoms with Crippen LogP contribution in [0.3, 0.4) is 0 Å². The molecule has 7 heteroatoms. The summed E-state index contributed by atoms with van der Waals surface area (Å²) in [5.41, 5.74) is -1.01. The zero-order valence-corrected chi connectivity index (χ0v) is 13.5. The highest BCUT2D eigenvalue weighted by Crippen LogP contribution is 2.34. The SMILES string of the molecule is COc1ccc(S(=O)(=O)N2C[C@@H](C)[C@@](C)(O)C2)cc1OC. The summed E-state index contributed by atoms with van der Waals surface area (Å²) in [5, 5.41) is 10.2. The first kappa shape index (κ1) is 16.1. The summed E-state index contributed by atoms with van der Waals surface area (Å²) in [6.45, 7) is 3.88. The van der Waals surface area contributed by atoms with Gasteiger partial charge in [0.1, 0.15) is 0 Å². The number of sulfonamides is 1. The molecule has 1 heterocycles. The number of ether oxygens (including phenoxy) is 2. The molecule has 1 aliphatic heterocycles. The molecular formula is C14H21NO5S. The van der Waals surface area contributed by atoms with Crippen LogP contribution in [-0.2, 0) is 10.0 Å². The monoisotopic (exact) mass is 315 g/mol. The van der Waals surface area contributed by atoms with E-state index >= 15 is 0 Å². The van der Waals surface area contributed by atoms with Gasteiger partial charge in [0.25, 0.3) is 0 Å². The molecule has 118 valence electrons. The lowest BCUT2D eigenvalue weighted by Gasteiger charge is -2.21. The standard InChI is InChI=1S/C14H21NO5S/c1-10-8-15(9-14(10,2)16)21(17,18)11-5-6-12(19-3)13(7-11)20-4/h5-7,10,16H,8-9H2,1-4H3/t10-,14+/m1/s1. The Hall–Kier alpha value is -1.31. The molecule has 1 fully saturated rings. The number of rotatable bonds is 4. The third-order valence-corrected chi connectivity index (χ3v) is 5.84. The highest BCUT2D eigenvalue weighted by molar-refractivity contribution is 7.89. The summed E-state index contributed by atoms with van der Waals surface area (Å²) in [4.78, 5) is 0.130. The Balaban J connectivity index is 2.37. The Morgan fingerprint density at radius 2 is 1.90 bits per heavy atom. The van der Waals surface area contributed by atoms with Crippen LogP contribution in [0.1, 0.15) is 13.8 Å². The molecule has 2 rings (SSSR count). The van der Waals surface area contributed by atoms with Crippen molar-refractivity contribution in [2.24, 2.45) is 5.92 Å². The van der Waals surface area contributed by atoms with Crippen molar-refractivity contribution < 1.29 is 23.0 Å². The summed E-state index contributed by atoms with van der Waals surface area (Å²) < 4.78 is 36.9. The second-order valence-electron chi connectivity index (χ2n) is 5.57. The van der Waals surface area contributed by atoms with Crippen LogP contribution in [0.25, 0.3) is 0 Å². The lowest BCUT2D eigenvalue weighted by atomic mass is 9.95. The predicted octanol–water partition coefficient (Wildman–Crippen LogP) is 1.10. The highest BCUT2D eigenvalue weighted by atomic mass is 32.2. The van der Waals surface area contributed by atoms with E-state index in [0.29, 0.717) is 18.0 Å². The third kappa shape index (κ3) is 2.86. The Bertz CT molecular complexity index is 626. The minimum Gasteiger partial charge on any atom is -0.493 e. The molecule has 0 saturated carbocycles. The highest BCUT2D eigenvalue weighted by Gasteiger charge is 2.43. The molecule has 1 aliphatic rings. The van der Waals surface area contributed by atoms with Gasteiger partial charge in [0.05, 0.1) is 24.7 Å². The largest absolute Gasteiger partial charge is 0.493 e. The maximum absolute atomic E-state index is 12.7. The lowest BCUT2D eigenvalue weighted by molar-refractivity contribution is 0.0404. The number of methoxy groups -OCH3 is 2. The molecule has 0 bridgehead atoms. The van der Waals surface area contributed by atoms with E-state index in [1.165, 1.54) is 30.7 Å². The van der Waals surface area contributed by atoms with Crippen LogP contribution < -0.4 is 9.47 Å². The average Bonchev–Trinajstić information content (AvgIpc) is 2.72. The number of aliphatic hydroxyl groups is 1. The quantitative estimate of drug-likeness (QED) is 0.900. The average molecular weight is 315 g/mol. The molecule has 21 heavy (non-hydrogen) atoms. The fourth-order valence-electron chi connectivity index (χ4n) is 2.39. The first-order valence-corrected chi connectivity index (χ1v) is 8.11. The number of hydrogen-bond donors (Lipinski definition) is 1. The van der Waals surface area contributed by atoms with Crippen molar-refractivity contribution in [3.63, 3.8) is 0 Å². The lowest BCUT2D eigenvalue weighted by Crippen LogP contribution is -2.35. The summed E-state index contributed by atoms with van der Waals surface area (Å²) in [5.74, 6) is 0.711. The van der Waals surface area contributed by atoms with Crippen LogP contribution in [0.15, 0.2) is 23.1 Å². The number of nitrogens with zero attached hydrogens (tertiary/aromatic N) is 1. The van der Waals surface area contributed by atoms with Crippen LogP contribution in [0.2, 0.25) is 0 Å². The van der Waals surface area contributed by atoms with Crippen molar-refractivity contribution in [3.05, 3.63) is 18.2 Å². The zero-order chi connectivity index (χ0) is 15.8. The van der Waals surface area contributed by atoms with Gasteiger partial charge < -0.3 is 14.6 Å². The molecule has 0 amide bonds. The Morgan fingerprint density at radius 3 is 2.38 bits per heavy atom. The van der Waals surface area contributed by atoms with Crippen LogP contribution in [0, 0.1) is 5.92 Å². The first-order valence-electron chi connectivity index (χ1n) is 6.67. The third-order valence-electron chi connectivity index (χ3n) is 4.03. The van der Waals surface area contributed by atoms with Gasteiger partial charge in [0, 0.05) is 19.2 Å².